The van der Waals surface area contributed by atoms with E-state index in [2.05, 4.69) is 28.8 Å². The van der Waals surface area contributed by atoms with Crippen LogP contribution in [0.25, 0.3) is 0 Å². The van der Waals surface area contributed by atoms with Crippen molar-refractivity contribution in [1.82, 2.24) is 10.2 Å². The van der Waals surface area contributed by atoms with Gasteiger partial charge in [0.05, 0.1) is 5.02 Å². The zero-order chi connectivity index (χ0) is 21.9. The summed E-state index contributed by atoms with van der Waals surface area (Å²) in [5, 5.41) is 3.45. The first-order valence-corrected chi connectivity index (χ1v) is 12.0. The molecule has 1 aliphatic heterocycles. The van der Waals surface area contributed by atoms with Crippen molar-refractivity contribution in [3.05, 3.63) is 58.1 Å². The number of halogens is 2. The lowest BCUT2D eigenvalue weighted by Crippen LogP contribution is -2.33. The van der Waals surface area contributed by atoms with Gasteiger partial charge in [0.1, 0.15) is 4.90 Å². The van der Waals surface area contributed by atoms with Gasteiger partial charge < -0.3 is 10.2 Å². The maximum absolute atomic E-state index is 12.8. The summed E-state index contributed by atoms with van der Waals surface area (Å²) in [7, 11) is -3.97. The van der Waals surface area contributed by atoms with E-state index < -0.39 is 10.0 Å². The number of sulfonamides is 1. The molecule has 1 atom stereocenters. The summed E-state index contributed by atoms with van der Waals surface area (Å²) in [5.41, 5.74) is 0.593. The lowest BCUT2D eigenvalue weighted by atomic mass is 10.1. The molecule has 1 heterocycles. The molecule has 2 aromatic carbocycles. The van der Waals surface area contributed by atoms with Gasteiger partial charge in [-0.2, -0.15) is 0 Å². The molecular weight excluding hydrogens is 445 g/mol. The number of rotatable bonds is 7. The van der Waals surface area contributed by atoms with Gasteiger partial charge in [-0.25, -0.2) is 8.42 Å². The first-order chi connectivity index (χ1) is 14.2. The highest BCUT2D eigenvalue weighted by Crippen LogP contribution is 2.26. The summed E-state index contributed by atoms with van der Waals surface area (Å²) in [5.74, 6) is 0.0658. The van der Waals surface area contributed by atoms with E-state index in [0.29, 0.717) is 29.2 Å². The lowest BCUT2D eigenvalue weighted by molar-refractivity contribution is 0.0947. The predicted octanol–water partition coefficient (Wildman–Crippen LogP) is 4.25. The molecule has 0 saturated carbocycles. The third-order valence-electron chi connectivity index (χ3n) is 5.18. The maximum Gasteiger partial charge on any atom is 0.263 e. The Hall–Kier alpha value is -1.80. The van der Waals surface area contributed by atoms with Crippen LogP contribution in [0, 0.1) is 5.92 Å². The first kappa shape index (κ1) is 22.9. The van der Waals surface area contributed by atoms with Gasteiger partial charge in [-0.15, -0.1) is 0 Å². The van der Waals surface area contributed by atoms with Crippen molar-refractivity contribution >= 4 is 44.8 Å². The third kappa shape index (κ3) is 5.66. The molecule has 1 saturated heterocycles. The zero-order valence-electron chi connectivity index (χ0n) is 16.9. The van der Waals surface area contributed by atoms with E-state index in [1.54, 1.807) is 24.3 Å². The van der Waals surface area contributed by atoms with E-state index in [1.165, 1.54) is 18.2 Å². The largest absolute Gasteiger partial charge is 0.352 e. The van der Waals surface area contributed by atoms with Crippen LogP contribution in [0.3, 0.4) is 0 Å². The van der Waals surface area contributed by atoms with Gasteiger partial charge >= 0.3 is 0 Å². The maximum atomic E-state index is 12.8. The molecule has 0 spiro atoms. The minimum atomic E-state index is -3.97. The minimum Gasteiger partial charge on any atom is -0.352 e. The van der Waals surface area contributed by atoms with Crippen LogP contribution in [0.15, 0.2) is 47.4 Å². The Morgan fingerprint density at radius 3 is 2.50 bits per heavy atom. The molecule has 2 aromatic rings. The van der Waals surface area contributed by atoms with Gasteiger partial charge in [-0.05, 0) is 75.2 Å². The van der Waals surface area contributed by atoms with Crippen LogP contribution in [-0.4, -0.2) is 44.9 Å². The smallest absolute Gasteiger partial charge is 0.263 e. The summed E-state index contributed by atoms with van der Waals surface area (Å²) in [6.07, 6.45) is 1.03. The number of carbonyl (C=O) groups is 1. The summed E-state index contributed by atoms with van der Waals surface area (Å²) in [6, 6.07) is 11.0. The molecule has 2 N–H and O–H groups in total. The number of carbonyl (C=O) groups excluding carboxylic acids is 1. The second kappa shape index (κ2) is 9.56. The summed E-state index contributed by atoms with van der Waals surface area (Å²) in [4.78, 5) is 14.8. The molecule has 1 aliphatic rings. The average molecular weight is 470 g/mol. The lowest BCUT2D eigenvalue weighted by Gasteiger charge is -2.20. The van der Waals surface area contributed by atoms with E-state index in [-0.39, 0.29) is 21.4 Å². The number of nitrogens with one attached hydrogen (secondary N) is 2. The molecule has 1 amide bonds. The van der Waals surface area contributed by atoms with E-state index in [9.17, 15) is 13.2 Å². The topological polar surface area (TPSA) is 78.5 Å². The van der Waals surface area contributed by atoms with Crippen molar-refractivity contribution < 1.29 is 13.2 Å². The Labute approximate surface area is 187 Å². The van der Waals surface area contributed by atoms with Crippen molar-refractivity contribution in [3.63, 3.8) is 0 Å². The van der Waals surface area contributed by atoms with Crippen LogP contribution >= 0.6 is 23.2 Å². The number of likely N-dealkylation sites (tertiary alicyclic amines) is 1. The van der Waals surface area contributed by atoms with Crippen molar-refractivity contribution in [2.24, 2.45) is 5.92 Å². The van der Waals surface area contributed by atoms with Gasteiger partial charge in [-0.1, -0.05) is 23.2 Å². The summed E-state index contributed by atoms with van der Waals surface area (Å²) in [6.45, 7) is 6.85. The van der Waals surface area contributed by atoms with Crippen molar-refractivity contribution in [1.29, 1.82) is 0 Å². The Bertz CT molecular complexity index is 1010. The number of anilines is 1. The standard InChI is InChI=1S/C21H25Cl2N3O3S/c1-14(2)26-10-9-15(13-26)12-24-21(27)16-3-8-19(23)20(11-16)30(28,29)25-18-6-4-17(22)5-7-18/h3-8,11,14-15,25H,9-10,12-13H2,1-2H3,(H,24,27). The molecule has 0 aromatic heterocycles. The molecule has 0 bridgehead atoms. The molecule has 0 radical (unpaired) electrons. The van der Waals surface area contributed by atoms with Crippen LogP contribution in [0.1, 0.15) is 30.6 Å². The van der Waals surface area contributed by atoms with E-state index in [0.717, 1.165) is 19.5 Å². The first-order valence-electron chi connectivity index (χ1n) is 9.76. The Morgan fingerprint density at radius 2 is 1.87 bits per heavy atom. The normalized spacial score (nSPS) is 17.3. The molecule has 9 heteroatoms. The Balaban J connectivity index is 1.69. The molecule has 3 rings (SSSR count). The van der Waals surface area contributed by atoms with Gasteiger partial charge in [0.25, 0.3) is 15.9 Å². The monoisotopic (exact) mass is 469 g/mol. The van der Waals surface area contributed by atoms with E-state index >= 15 is 0 Å². The highest BCUT2D eigenvalue weighted by Gasteiger charge is 2.25. The molecule has 1 fully saturated rings. The van der Waals surface area contributed by atoms with Gasteiger partial charge in [-0.3, -0.25) is 9.52 Å². The SMILES string of the molecule is CC(C)N1CCC(CNC(=O)c2ccc(Cl)c(S(=O)(=O)Nc3ccc(Cl)cc3)c2)C1. The molecular formula is C21H25Cl2N3O3S. The van der Waals surface area contributed by atoms with Crippen molar-refractivity contribution in [3.8, 4) is 0 Å². The van der Waals surface area contributed by atoms with Gasteiger partial charge in [0, 0.05) is 35.4 Å². The van der Waals surface area contributed by atoms with Gasteiger partial charge in [0.15, 0.2) is 0 Å². The number of amides is 1. The molecule has 6 nitrogen and oxygen atoms in total. The second-order valence-electron chi connectivity index (χ2n) is 7.71. The molecule has 0 aliphatic carbocycles. The fourth-order valence-corrected chi connectivity index (χ4v) is 5.13. The average Bonchev–Trinajstić information content (AvgIpc) is 3.17. The predicted molar refractivity (Wildman–Crippen MR) is 121 cm³/mol. The molecule has 162 valence electrons. The van der Waals surface area contributed by atoms with Crippen LogP contribution in [0.5, 0.6) is 0 Å². The van der Waals surface area contributed by atoms with Crippen molar-refractivity contribution in [2.45, 2.75) is 31.2 Å². The molecule has 1 unspecified atom stereocenters. The number of hydrogen-bond donors (Lipinski definition) is 2. The Morgan fingerprint density at radius 1 is 1.17 bits per heavy atom. The number of nitrogens with zero attached hydrogens (tertiary/aromatic N) is 1. The molecule has 30 heavy (non-hydrogen) atoms. The fourth-order valence-electron chi connectivity index (χ4n) is 3.42. The van der Waals surface area contributed by atoms with Crippen LogP contribution < -0.4 is 10.0 Å². The Kier molecular flexibility index (Phi) is 7.29. The second-order valence-corrected chi connectivity index (χ2v) is 10.2. The fraction of sp³-hybridized carbons (Fsp3) is 0.381. The van der Waals surface area contributed by atoms with Crippen molar-refractivity contribution in [2.75, 3.05) is 24.4 Å². The van der Waals surface area contributed by atoms with Gasteiger partial charge in [0.2, 0.25) is 0 Å². The van der Waals surface area contributed by atoms with E-state index in [1.807, 2.05) is 0 Å². The summed E-state index contributed by atoms with van der Waals surface area (Å²) >= 11 is 12.0. The zero-order valence-corrected chi connectivity index (χ0v) is 19.2. The minimum absolute atomic E-state index is 0.0383. The van der Waals surface area contributed by atoms with Crippen LogP contribution in [0.2, 0.25) is 10.0 Å². The highest BCUT2D eigenvalue weighted by atomic mass is 35.5. The van der Waals surface area contributed by atoms with E-state index in [4.69, 9.17) is 23.2 Å². The number of benzene rings is 2. The summed E-state index contributed by atoms with van der Waals surface area (Å²) < 4.78 is 28.0. The highest BCUT2D eigenvalue weighted by molar-refractivity contribution is 7.92. The quantitative estimate of drug-likeness (QED) is 0.634. The van der Waals surface area contributed by atoms with Crippen LogP contribution in [-0.2, 0) is 10.0 Å². The third-order valence-corrected chi connectivity index (χ3v) is 7.29. The number of hydrogen-bond acceptors (Lipinski definition) is 4. The van der Waals surface area contributed by atoms with Crippen LogP contribution in [0.4, 0.5) is 5.69 Å².